The highest BCUT2D eigenvalue weighted by molar-refractivity contribution is 6.54. The Morgan fingerprint density at radius 2 is 1.89 bits per heavy atom. The van der Waals surface area contributed by atoms with E-state index in [1.165, 1.54) is 11.9 Å². The van der Waals surface area contributed by atoms with Gasteiger partial charge in [-0.15, -0.1) is 0 Å². The first-order chi connectivity index (χ1) is 8.97. The number of carboxylic acid groups (broad SMARTS) is 1. The van der Waals surface area contributed by atoms with Gasteiger partial charge < -0.3 is 15.3 Å². The van der Waals surface area contributed by atoms with Crippen molar-refractivity contribution in [2.75, 3.05) is 18.5 Å². The molecule has 1 aromatic carbocycles. The largest absolute Gasteiger partial charge is 0.480 e. The molecule has 19 heavy (non-hydrogen) atoms. The van der Waals surface area contributed by atoms with Crippen LogP contribution in [-0.4, -0.2) is 41.5 Å². The minimum Gasteiger partial charge on any atom is -0.480 e. The summed E-state index contributed by atoms with van der Waals surface area (Å²) in [5, 5.41) is 11.6. The number of halogens is 2. The van der Waals surface area contributed by atoms with Crippen molar-refractivity contribution in [1.29, 1.82) is 0 Å². The van der Waals surface area contributed by atoms with Crippen LogP contribution in [0.25, 0.3) is 0 Å². The number of anilines is 1. The predicted octanol–water partition coefficient (Wildman–Crippen LogP) is 1.50. The van der Waals surface area contributed by atoms with E-state index in [2.05, 4.69) is 5.32 Å². The molecule has 7 heteroatoms. The summed E-state index contributed by atoms with van der Waals surface area (Å²) < 4.78 is 0. The van der Waals surface area contributed by atoms with Gasteiger partial charge in [-0.05, 0) is 19.2 Å². The second-order valence-corrected chi connectivity index (χ2v) is 4.86. The number of nitrogens with one attached hydrogen (secondary N) is 1. The van der Waals surface area contributed by atoms with Crippen molar-refractivity contribution in [3.63, 3.8) is 0 Å². The Hall–Kier alpha value is -1.30. The van der Waals surface area contributed by atoms with E-state index in [1.54, 1.807) is 30.3 Å². The molecule has 1 aromatic rings. The van der Waals surface area contributed by atoms with Gasteiger partial charge in [0.2, 0.25) is 0 Å². The average molecular weight is 305 g/mol. The lowest BCUT2D eigenvalue weighted by Gasteiger charge is -2.26. The second kappa shape index (κ2) is 7.33. The Bertz CT molecular complexity index is 440. The molecule has 0 radical (unpaired) electrons. The van der Waals surface area contributed by atoms with Crippen molar-refractivity contribution in [3.05, 3.63) is 30.3 Å². The number of para-hydroxylation sites is 1. The number of nitrogens with zero attached hydrogens (tertiary/aromatic N) is 1. The summed E-state index contributed by atoms with van der Waals surface area (Å²) in [6, 6.07) is 7.73. The number of carbonyl (C=O) groups is 2. The molecular weight excluding hydrogens is 291 g/mol. The quantitative estimate of drug-likeness (QED) is 0.781. The molecule has 0 aromatic heterocycles. The number of amides is 1. The zero-order valence-electron chi connectivity index (χ0n) is 10.2. The number of likely N-dealkylation sites (N-methyl/N-ethyl adjacent to an activating group) is 1. The van der Waals surface area contributed by atoms with E-state index >= 15 is 0 Å². The van der Waals surface area contributed by atoms with Crippen molar-refractivity contribution >= 4 is 40.8 Å². The van der Waals surface area contributed by atoms with Crippen molar-refractivity contribution < 1.29 is 14.7 Å². The number of aliphatic carboxylic acids is 1. The fourth-order valence-electron chi connectivity index (χ4n) is 1.52. The summed E-state index contributed by atoms with van der Waals surface area (Å²) in [6.45, 7) is -0.0649. The van der Waals surface area contributed by atoms with E-state index in [0.29, 0.717) is 5.69 Å². The molecule has 0 aliphatic carbocycles. The number of hydrogen-bond donors (Lipinski definition) is 2. The van der Waals surface area contributed by atoms with Crippen molar-refractivity contribution in [1.82, 2.24) is 5.32 Å². The van der Waals surface area contributed by atoms with Gasteiger partial charge in [0, 0.05) is 5.69 Å². The third-order valence-corrected chi connectivity index (χ3v) is 2.91. The molecule has 2 N–H and O–H groups in total. The maximum Gasteiger partial charge on any atom is 0.322 e. The monoisotopic (exact) mass is 304 g/mol. The third-order valence-electron chi connectivity index (χ3n) is 2.53. The third kappa shape index (κ3) is 4.38. The summed E-state index contributed by atoms with van der Waals surface area (Å²) >= 11 is 11.2. The maximum absolute atomic E-state index is 12.0. The first-order valence-electron chi connectivity index (χ1n) is 5.52. The van der Waals surface area contributed by atoms with Gasteiger partial charge in [0.15, 0.2) is 4.84 Å². The molecule has 0 saturated heterocycles. The van der Waals surface area contributed by atoms with Gasteiger partial charge in [0.1, 0.15) is 6.04 Å². The zero-order chi connectivity index (χ0) is 14.4. The van der Waals surface area contributed by atoms with E-state index < -0.39 is 22.8 Å². The maximum atomic E-state index is 12.0. The molecule has 0 bridgehead atoms. The summed E-state index contributed by atoms with van der Waals surface area (Å²) in [7, 11) is 1.51. The Balaban J connectivity index is 3.00. The van der Waals surface area contributed by atoms with Crippen LogP contribution in [0.2, 0.25) is 0 Å². The van der Waals surface area contributed by atoms with Gasteiger partial charge in [-0.3, -0.25) is 9.59 Å². The number of carboxylic acids is 1. The highest BCUT2D eigenvalue weighted by Crippen LogP contribution is 2.18. The summed E-state index contributed by atoms with van der Waals surface area (Å²) in [5.41, 5.74) is 0.542. The molecule has 0 fully saturated rings. The molecule has 1 amide bonds. The molecule has 0 spiro atoms. The number of benzene rings is 1. The van der Waals surface area contributed by atoms with Crippen LogP contribution in [0.15, 0.2) is 30.3 Å². The SMILES string of the molecule is CNC(CN(C(=O)C(Cl)Cl)c1ccccc1)C(=O)O. The fourth-order valence-corrected chi connectivity index (χ4v) is 1.76. The Labute approximate surface area is 121 Å². The number of alkyl halides is 2. The highest BCUT2D eigenvalue weighted by atomic mass is 35.5. The van der Waals surface area contributed by atoms with Crippen LogP contribution in [-0.2, 0) is 9.59 Å². The van der Waals surface area contributed by atoms with Crippen LogP contribution >= 0.6 is 23.2 Å². The van der Waals surface area contributed by atoms with E-state index in [1.807, 2.05) is 0 Å². The van der Waals surface area contributed by atoms with Gasteiger partial charge in [-0.2, -0.15) is 0 Å². The van der Waals surface area contributed by atoms with E-state index in [9.17, 15) is 9.59 Å². The minimum absolute atomic E-state index is 0.0649. The highest BCUT2D eigenvalue weighted by Gasteiger charge is 2.27. The van der Waals surface area contributed by atoms with E-state index in [-0.39, 0.29) is 6.54 Å². The van der Waals surface area contributed by atoms with Crippen LogP contribution in [0.5, 0.6) is 0 Å². The van der Waals surface area contributed by atoms with E-state index in [4.69, 9.17) is 28.3 Å². The molecular formula is C12H14Cl2N2O3. The molecule has 0 aliphatic heterocycles. The standard InChI is InChI=1S/C12H14Cl2N2O3/c1-15-9(12(18)19)7-16(11(17)10(13)14)8-5-3-2-4-6-8/h2-6,9-10,15H,7H2,1H3,(H,18,19). The number of rotatable bonds is 6. The van der Waals surface area contributed by atoms with Crippen molar-refractivity contribution in [2.24, 2.45) is 0 Å². The average Bonchev–Trinajstić information content (AvgIpc) is 2.39. The molecule has 0 saturated carbocycles. The lowest BCUT2D eigenvalue weighted by atomic mass is 10.2. The van der Waals surface area contributed by atoms with Crippen LogP contribution in [0.3, 0.4) is 0 Å². The van der Waals surface area contributed by atoms with E-state index in [0.717, 1.165) is 0 Å². The lowest BCUT2D eigenvalue weighted by molar-refractivity contribution is -0.139. The molecule has 0 heterocycles. The Kier molecular flexibility index (Phi) is 6.08. The molecule has 0 aliphatic rings. The topological polar surface area (TPSA) is 69.6 Å². The second-order valence-electron chi connectivity index (χ2n) is 3.76. The lowest BCUT2D eigenvalue weighted by Crippen LogP contribution is -2.48. The van der Waals surface area contributed by atoms with Gasteiger partial charge in [-0.25, -0.2) is 0 Å². The van der Waals surface area contributed by atoms with Crippen LogP contribution < -0.4 is 10.2 Å². The number of hydrogen-bond acceptors (Lipinski definition) is 3. The summed E-state index contributed by atoms with van der Waals surface area (Å²) in [5.74, 6) is -1.62. The molecule has 1 rings (SSSR count). The Morgan fingerprint density at radius 3 is 2.32 bits per heavy atom. The van der Waals surface area contributed by atoms with Gasteiger partial charge in [0.25, 0.3) is 5.91 Å². The summed E-state index contributed by atoms with van der Waals surface area (Å²) in [4.78, 5) is 23.0. The van der Waals surface area contributed by atoms with Gasteiger partial charge in [-0.1, -0.05) is 41.4 Å². The Morgan fingerprint density at radius 1 is 1.32 bits per heavy atom. The van der Waals surface area contributed by atoms with Crippen LogP contribution in [0, 0.1) is 0 Å². The fraction of sp³-hybridized carbons (Fsp3) is 0.333. The number of carbonyl (C=O) groups excluding carboxylic acids is 1. The molecule has 104 valence electrons. The molecule has 5 nitrogen and oxygen atoms in total. The minimum atomic E-state index is -1.24. The zero-order valence-corrected chi connectivity index (χ0v) is 11.7. The normalized spacial score (nSPS) is 12.2. The van der Waals surface area contributed by atoms with Crippen molar-refractivity contribution in [3.8, 4) is 0 Å². The molecule has 1 atom stereocenters. The smallest absolute Gasteiger partial charge is 0.322 e. The van der Waals surface area contributed by atoms with Crippen LogP contribution in [0.4, 0.5) is 5.69 Å². The summed E-state index contributed by atoms with van der Waals surface area (Å²) in [6.07, 6.45) is 0. The first-order valence-corrected chi connectivity index (χ1v) is 6.39. The van der Waals surface area contributed by atoms with Gasteiger partial charge in [0.05, 0.1) is 6.54 Å². The van der Waals surface area contributed by atoms with Crippen molar-refractivity contribution in [2.45, 2.75) is 10.9 Å². The predicted molar refractivity (Wildman–Crippen MR) is 74.8 cm³/mol. The van der Waals surface area contributed by atoms with Crippen LogP contribution in [0.1, 0.15) is 0 Å². The molecule has 1 unspecified atom stereocenters. The van der Waals surface area contributed by atoms with Gasteiger partial charge >= 0.3 is 5.97 Å². The first kappa shape index (κ1) is 15.8.